The number of aromatic nitrogens is 3. The SMILES string of the molecule is CCCNCc1cn(CCN2CC(C)CC(C)C2)nn1. The second-order valence-electron chi connectivity index (χ2n) is 6.36. The summed E-state index contributed by atoms with van der Waals surface area (Å²) in [5, 5.41) is 11.8. The van der Waals surface area contributed by atoms with E-state index in [2.05, 4.69) is 47.5 Å². The lowest BCUT2D eigenvalue weighted by molar-refractivity contribution is 0.135. The van der Waals surface area contributed by atoms with E-state index in [4.69, 9.17) is 0 Å². The van der Waals surface area contributed by atoms with Crippen molar-refractivity contribution < 1.29 is 0 Å². The summed E-state index contributed by atoms with van der Waals surface area (Å²) in [6.45, 7) is 13.2. The second-order valence-corrected chi connectivity index (χ2v) is 6.36. The normalized spacial score (nSPS) is 24.1. The molecule has 0 radical (unpaired) electrons. The molecular weight excluding hydrogens is 250 g/mol. The molecule has 20 heavy (non-hydrogen) atoms. The molecule has 0 bridgehead atoms. The van der Waals surface area contributed by atoms with Gasteiger partial charge in [-0.1, -0.05) is 26.0 Å². The number of nitrogens with zero attached hydrogens (tertiary/aromatic N) is 4. The highest BCUT2D eigenvalue weighted by Gasteiger charge is 2.21. The van der Waals surface area contributed by atoms with E-state index in [0.29, 0.717) is 0 Å². The van der Waals surface area contributed by atoms with Gasteiger partial charge in [-0.05, 0) is 31.2 Å². The smallest absolute Gasteiger partial charge is 0.0964 e. The maximum Gasteiger partial charge on any atom is 0.0964 e. The van der Waals surface area contributed by atoms with Crippen molar-refractivity contribution in [3.63, 3.8) is 0 Å². The van der Waals surface area contributed by atoms with Crippen LogP contribution in [0.4, 0.5) is 0 Å². The lowest BCUT2D eigenvalue weighted by Gasteiger charge is -2.34. The molecule has 2 atom stereocenters. The van der Waals surface area contributed by atoms with Crippen LogP contribution in [-0.2, 0) is 13.1 Å². The first-order chi connectivity index (χ1) is 9.67. The first-order valence-electron chi connectivity index (χ1n) is 7.99. The van der Waals surface area contributed by atoms with Crippen LogP contribution in [0.25, 0.3) is 0 Å². The summed E-state index contributed by atoms with van der Waals surface area (Å²) in [6.07, 6.45) is 4.59. The van der Waals surface area contributed by atoms with Crippen molar-refractivity contribution in [3.05, 3.63) is 11.9 Å². The number of piperidine rings is 1. The highest BCUT2D eigenvalue weighted by Crippen LogP contribution is 2.20. The van der Waals surface area contributed by atoms with Crippen molar-refractivity contribution in [1.29, 1.82) is 0 Å². The Labute approximate surface area is 122 Å². The molecule has 1 N–H and O–H groups in total. The van der Waals surface area contributed by atoms with Gasteiger partial charge >= 0.3 is 0 Å². The lowest BCUT2D eigenvalue weighted by Crippen LogP contribution is -2.40. The standard InChI is InChI=1S/C15H29N5/c1-4-5-16-9-15-12-20(18-17-15)7-6-19-10-13(2)8-14(3)11-19/h12-14,16H,4-11H2,1-3H3. The van der Waals surface area contributed by atoms with Crippen LogP contribution in [0.2, 0.25) is 0 Å². The molecule has 2 heterocycles. The number of hydrogen-bond donors (Lipinski definition) is 1. The van der Waals surface area contributed by atoms with Crippen LogP contribution in [0.1, 0.15) is 39.3 Å². The predicted molar refractivity (Wildman–Crippen MR) is 81.4 cm³/mol. The molecule has 1 aromatic rings. The van der Waals surface area contributed by atoms with Gasteiger partial charge in [0.05, 0.1) is 12.2 Å². The fourth-order valence-corrected chi connectivity index (χ4v) is 3.14. The number of likely N-dealkylation sites (tertiary alicyclic amines) is 1. The molecule has 0 amide bonds. The van der Waals surface area contributed by atoms with E-state index in [1.54, 1.807) is 0 Å². The monoisotopic (exact) mass is 279 g/mol. The summed E-state index contributed by atoms with van der Waals surface area (Å²) in [5.41, 5.74) is 1.04. The van der Waals surface area contributed by atoms with Gasteiger partial charge < -0.3 is 10.2 Å². The average Bonchev–Trinajstić information content (AvgIpc) is 2.84. The Kier molecular flexibility index (Phi) is 5.98. The van der Waals surface area contributed by atoms with Crippen molar-refractivity contribution in [3.8, 4) is 0 Å². The fraction of sp³-hybridized carbons (Fsp3) is 0.867. The van der Waals surface area contributed by atoms with E-state index < -0.39 is 0 Å². The Balaban J connectivity index is 1.73. The summed E-state index contributed by atoms with van der Waals surface area (Å²) in [5.74, 6) is 1.65. The Morgan fingerprint density at radius 1 is 1.25 bits per heavy atom. The van der Waals surface area contributed by atoms with Gasteiger partial charge in [0.15, 0.2) is 0 Å². The molecule has 114 valence electrons. The molecule has 1 aliphatic rings. The molecule has 2 rings (SSSR count). The molecule has 5 heteroatoms. The largest absolute Gasteiger partial charge is 0.311 e. The van der Waals surface area contributed by atoms with Crippen molar-refractivity contribution >= 4 is 0 Å². The molecule has 1 saturated heterocycles. The molecule has 1 aliphatic heterocycles. The van der Waals surface area contributed by atoms with Crippen molar-refractivity contribution in [2.75, 3.05) is 26.2 Å². The van der Waals surface area contributed by atoms with Crippen molar-refractivity contribution in [2.24, 2.45) is 11.8 Å². The number of rotatable bonds is 7. The van der Waals surface area contributed by atoms with E-state index >= 15 is 0 Å². The number of hydrogen-bond acceptors (Lipinski definition) is 4. The minimum absolute atomic E-state index is 0.823. The zero-order valence-electron chi connectivity index (χ0n) is 13.2. The fourth-order valence-electron chi connectivity index (χ4n) is 3.14. The molecule has 0 aliphatic carbocycles. The van der Waals surface area contributed by atoms with E-state index in [1.807, 2.05) is 4.68 Å². The highest BCUT2D eigenvalue weighted by atomic mass is 15.4. The Bertz CT molecular complexity index is 379. The third kappa shape index (κ3) is 4.87. The first kappa shape index (κ1) is 15.4. The molecule has 1 aromatic heterocycles. The lowest BCUT2D eigenvalue weighted by atomic mass is 9.92. The third-order valence-corrected chi connectivity index (χ3v) is 3.91. The second kappa shape index (κ2) is 7.74. The molecule has 1 fully saturated rings. The van der Waals surface area contributed by atoms with E-state index in [-0.39, 0.29) is 0 Å². The highest BCUT2D eigenvalue weighted by molar-refractivity contribution is 4.91. The van der Waals surface area contributed by atoms with Crippen LogP contribution in [0.3, 0.4) is 0 Å². The van der Waals surface area contributed by atoms with Crippen molar-refractivity contribution in [1.82, 2.24) is 25.2 Å². The van der Waals surface area contributed by atoms with E-state index in [0.717, 1.165) is 50.1 Å². The Morgan fingerprint density at radius 2 is 2.00 bits per heavy atom. The molecule has 0 aromatic carbocycles. The third-order valence-electron chi connectivity index (χ3n) is 3.91. The molecule has 0 spiro atoms. The van der Waals surface area contributed by atoms with Gasteiger partial charge in [0.25, 0.3) is 0 Å². The summed E-state index contributed by atoms with van der Waals surface area (Å²) in [4.78, 5) is 2.56. The Morgan fingerprint density at radius 3 is 2.70 bits per heavy atom. The van der Waals surface area contributed by atoms with Crippen molar-refractivity contribution in [2.45, 2.75) is 46.7 Å². The first-order valence-corrected chi connectivity index (χ1v) is 7.99. The molecule has 0 saturated carbocycles. The molecule has 5 nitrogen and oxygen atoms in total. The molecule has 2 unspecified atom stereocenters. The summed E-state index contributed by atoms with van der Waals surface area (Å²) >= 11 is 0. The van der Waals surface area contributed by atoms with Gasteiger partial charge in [-0.25, -0.2) is 0 Å². The maximum absolute atomic E-state index is 4.22. The summed E-state index contributed by atoms with van der Waals surface area (Å²) < 4.78 is 1.98. The minimum atomic E-state index is 0.823. The van der Waals surface area contributed by atoms with Gasteiger partial charge in [-0.3, -0.25) is 4.68 Å². The van der Waals surface area contributed by atoms with Gasteiger partial charge in [-0.2, -0.15) is 0 Å². The topological polar surface area (TPSA) is 46.0 Å². The van der Waals surface area contributed by atoms with Crippen LogP contribution in [0, 0.1) is 11.8 Å². The van der Waals surface area contributed by atoms with Gasteiger partial charge in [0, 0.05) is 32.4 Å². The van der Waals surface area contributed by atoms with Crippen LogP contribution in [0.15, 0.2) is 6.20 Å². The van der Waals surface area contributed by atoms with Gasteiger partial charge in [-0.15, -0.1) is 5.10 Å². The van der Waals surface area contributed by atoms with Crippen LogP contribution >= 0.6 is 0 Å². The Hall–Kier alpha value is -0.940. The minimum Gasteiger partial charge on any atom is -0.311 e. The summed E-state index contributed by atoms with van der Waals surface area (Å²) in [7, 11) is 0. The quantitative estimate of drug-likeness (QED) is 0.773. The number of nitrogens with one attached hydrogen (secondary N) is 1. The predicted octanol–water partition coefficient (Wildman–Crippen LogP) is 1.76. The van der Waals surface area contributed by atoms with Gasteiger partial charge in [0.1, 0.15) is 0 Å². The van der Waals surface area contributed by atoms with Crippen LogP contribution in [0.5, 0.6) is 0 Å². The average molecular weight is 279 g/mol. The van der Waals surface area contributed by atoms with E-state index in [9.17, 15) is 0 Å². The zero-order valence-corrected chi connectivity index (χ0v) is 13.2. The van der Waals surface area contributed by atoms with E-state index in [1.165, 1.54) is 19.5 Å². The maximum atomic E-state index is 4.22. The molecular formula is C15H29N5. The van der Waals surface area contributed by atoms with Crippen LogP contribution in [-0.4, -0.2) is 46.1 Å². The summed E-state index contributed by atoms with van der Waals surface area (Å²) in [6, 6.07) is 0. The van der Waals surface area contributed by atoms with Crippen LogP contribution < -0.4 is 5.32 Å². The zero-order chi connectivity index (χ0) is 14.4. The van der Waals surface area contributed by atoms with Gasteiger partial charge in [0.2, 0.25) is 0 Å².